The van der Waals surface area contributed by atoms with Crippen LogP contribution in [-0.4, -0.2) is 41.3 Å². The van der Waals surface area contributed by atoms with E-state index in [0.29, 0.717) is 30.7 Å². The minimum Gasteiger partial charge on any atom is -0.356 e. The summed E-state index contributed by atoms with van der Waals surface area (Å²) in [6, 6.07) is 0. The Balaban J connectivity index is 1.52. The summed E-state index contributed by atoms with van der Waals surface area (Å²) in [6.45, 7) is 4.24. The Kier molecular flexibility index (Phi) is 5.30. The Bertz CT molecular complexity index is 568. The molecule has 6 heteroatoms. The van der Waals surface area contributed by atoms with E-state index < -0.39 is 0 Å². The number of thiazole rings is 1. The molecule has 1 aromatic rings. The standard InChI is InChI=1S/C17H25N3O2S/c1-2-15(21)18-8-7-14-11-23-16(19-14)13-4-3-9-20(10-13)17(22)12-5-6-12/h11-13H,2-10H2,1H3,(H,18,21). The van der Waals surface area contributed by atoms with Crippen LogP contribution in [0.1, 0.15) is 55.6 Å². The smallest absolute Gasteiger partial charge is 0.225 e. The lowest BCUT2D eigenvalue weighted by molar-refractivity contribution is -0.133. The van der Waals surface area contributed by atoms with Gasteiger partial charge in [-0.2, -0.15) is 0 Å². The van der Waals surface area contributed by atoms with Gasteiger partial charge in [0, 0.05) is 49.7 Å². The van der Waals surface area contributed by atoms with Gasteiger partial charge in [-0.15, -0.1) is 11.3 Å². The summed E-state index contributed by atoms with van der Waals surface area (Å²) < 4.78 is 0. The van der Waals surface area contributed by atoms with Gasteiger partial charge in [-0.05, 0) is 25.7 Å². The molecule has 1 saturated heterocycles. The first-order valence-electron chi connectivity index (χ1n) is 8.67. The molecule has 1 atom stereocenters. The molecule has 126 valence electrons. The van der Waals surface area contributed by atoms with Crippen LogP contribution >= 0.6 is 11.3 Å². The number of hydrogen-bond donors (Lipinski definition) is 1. The minimum absolute atomic E-state index is 0.0852. The van der Waals surface area contributed by atoms with Gasteiger partial charge in [-0.1, -0.05) is 6.92 Å². The number of rotatable bonds is 6. The van der Waals surface area contributed by atoms with Gasteiger partial charge in [0.15, 0.2) is 0 Å². The topological polar surface area (TPSA) is 62.3 Å². The van der Waals surface area contributed by atoms with Gasteiger partial charge in [0.05, 0.1) is 10.7 Å². The molecule has 2 fully saturated rings. The lowest BCUT2D eigenvalue weighted by Gasteiger charge is -2.32. The Labute approximate surface area is 141 Å². The van der Waals surface area contributed by atoms with Crippen molar-refractivity contribution in [3.8, 4) is 0 Å². The fourth-order valence-corrected chi connectivity index (χ4v) is 4.03. The molecule has 0 radical (unpaired) electrons. The number of aromatic nitrogens is 1. The average molecular weight is 335 g/mol. The van der Waals surface area contributed by atoms with Crippen molar-refractivity contribution in [1.29, 1.82) is 0 Å². The fraction of sp³-hybridized carbons (Fsp3) is 0.706. The molecule has 1 aliphatic carbocycles. The van der Waals surface area contributed by atoms with Crippen molar-refractivity contribution >= 4 is 23.2 Å². The molecule has 0 aromatic carbocycles. The maximum atomic E-state index is 12.2. The van der Waals surface area contributed by atoms with Crippen molar-refractivity contribution in [2.24, 2.45) is 5.92 Å². The first-order chi connectivity index (χ1) is 11.2. The second kappa shape index (κ2) is 7.43. The summed E-state index contributed by atoms with van der Waals surface area (Å²) in [5.41, 5.74) is 1.05. The van der Waals surface area contributed by atoms with E-state index in [1.165, 1.54) is 0 Å². The van der Waals surface area contributed by atoms with Gasteiger partial charge < -0.3 is 10.2 Å². The first-order valence-corrected chi connectivity index (χ1v) is 9.55. The zero-order valence-electron chi connectivity index (χ0n) is 13.7. The van der Waals surface area contributed by atoms with E-state index in [2.05, 4.69) is 10.7 Å². The maximum Gasteiger partial charge on any atom is 0.225 e. The van der Waals surface area contributed by atoms with E-state index in [-0.39, 0.29) is 5.91 Å². The van der Waals surface area contributed by atoms with Crippen LogP contribution in [0.5, 0.6) is 0 Å². The molecule has 1 aromatic heterocycles. The first kappa shape index (κ1) is 16.4. The molecule has 1 aliphatic heterocycles. The maximum absolute atomic E-state index is 12.2. The third-order valence-corrected chi connectivity index (χ3v) is 5.66. The van der Waals surface area contributed by atoms with Crippen molar-refractivity contribution in [1.82, 2.24) is 15.2 Å². The van der Waals surface area contributed by atoms with Crippen molar-refractivity contribution in [2.45, 2.75) is 51.4 Å². The van der Waals surface area contributed by atoms with Crippen LogP contribution in [0.4, 0.5) is 0 Å². The zero-order valence-corrected chi connectivity index (χ0v) is 14.5. The zero-order chi connectivity index (χ0) is 16.2. The van der Waals surface area contributed by atoms with Crippen molar-refractivity contribution in [3.05, 3.63) is 16.1 Å². The highest BCUT2D eigenvalue weighted by molar-refractivity contribution is 7.09. The van der Waals surface area contributed by atoms with Crippen LogP contribution in [0.25, 0.3) is 0 Å². The largest absolute Gasteiger partial charge is 0.356 e. The second-order valence-corrected chi connectivity index (χ2v) is 7.42. The number of carbonyl (C=O) groups excluding carboxylic acids is 2. The van der Waals surface area contributed by atoms with Crippen LogP contribution in [-0.2, 0) is 16.0 Å². The van der Waals surface area contributed by atoms with Crippen molar-refractivity contribution in [2.75, 3.05) is 19.6 Å². The molecule has 0 spiro atoms. The quantitative estimate of drug-likeness (QED) is 0.868. The monoisotopic (exact) mass is 335 g/mol. The molecule has 5 nitrogen and oxygen atoms in total. The number of likely N-dealkylation sites (tertiary alicyclic amines) is 1. The van der Waals surface area contributed by atoms with Crippen LogP contribution in [0.2, 0.25) is 0 Å². The lowest BCUT2D eigenvalue weighted by atomic mass is 9.98. The van der Waals surface area contributed by atoms with Crippen molar-refractivity contribution < 1.29 is 9.59 Å². The van der Waals surface area contributed by atoms with E-state index >= 15 is 0 Å². The molecule has 23 heavy (non-hydrogen) atoms. The summed E-state index contributed by atoms with van der Waals surface area (Å²) in [7, 11) is 0. The van der Waals surface area contributed by atoms with E-state index in [1.807, 2.05) is 11.8 Å². The minimum atomic E-state index is 0.0852. The molecule has 1 N–H and O–H groups in total. The normalized spacial score (nSPS) is 21.3. The van der Waals surface area contributed by atoms with Crippen LogP contribution in [0, 0.1) is 5.92 Å². The molecular weight excluding hydrogens is 310 g/mol. The summed E-state index contributed by atoms with van der Waals surface area (Å²) in [5.74, 6) is 1.13. The van der Waals surface area contributed by atoms with E-state index in [4.69, 9.17) is 4.98 Å². The van der Waals surface area contributed by atoms with Gasteiger partial charge in [0.1, 0.15) is 0 Å². The number of nitrogens with one attached hydrogen (secondary N) is 1. The Morgan fingerprint density at radius 3 is 2.96 bits per heavy atom. The third-order valence-electron chi connectivity index (χ3n) is 4.60. The number of carbonyl (C=O) groups is 2. The predicted octanol–water partition coefficient (Wildman–Crippen LogP) is 2.33. The van der Waals surface area contributed by atoms with Gasteiger partial charge in [0.2, 0.25) is 11.8 Å². The second-order valence-electron chi connectivity index (χ2n) is 6.53. The molecule has 2 heterocycles. The Morgan fingerprint density at radius 1 is 1.39 bits per heavy atom. The van der Waals surface area contributed by atoms with Gasteiger partial charge in [-0.3, -0.25) is 9.59 Å². The summed E-state index contributed by atoms with van der Waals surface area (Å²) in [5, 5.41) is 6.12. The highest BCUT2D eigenvalue weighted by atomic mass is 32.1. The predicted molar refractivity (Wildman–Crippen MR) is 90.4 cm³/mol. The molecule has 1 saturated carbocycles. The molecule has 3 rings (SSSR count). The van der Waals surface area contributed by atoms with Crippen molar-refractivity contribution in [3.63, 3.8) is 0 Å². The summed E-state index contributed by atoms with van der Waals surface area (Å²) in [4.78, 5) is 30.3. The number of hydrogen-bond acceptors (Lipinski definition) is 4. The summed E-state index contributed by atoms with van der Waals surface area (Å²) >= 11 is 1.70. The molecule has 0 bridgehead atoms. The fourth-order valence-electron chi connectivity index (χ4n) is 3.05. The highest BCUT2D eigenvalue weighted by Crippen LogP contribution is 2.35. The van der Waals surface area contributed by atoms with Crippen LogP contribution < -0.4 is 5.32 Å². The number of nitrogens with zero attached hydrogens (tertiary/aromatic N) is 2. The summed E-state index contributed by atoms with van der Waals surface area (Å²) in [6.07, 6.45) is 5.64. The van der Waals surface area contributed by atoms with E-state index in [9.17, 15) is 9.59 Å². The van der Waals surface area contributed by atoms with E-state index in [1.54, 1.807) is 11.3 Å². The third kappa shape index (κ3) is 4.31. The molecule has 1 unspecified atom stereocenters. The van der Waals surface area contributed by atoms with Gasteiger partial charge >= 0.3 is 0 Å². The Morgan fingerprint density at radius 2 is 2.22 bits per heavy atom. The average Bonchev–Trinajstić information content (AvgIpc) is 3.33. The number of amides is 2. The molecular formula is C17H25N3O2S. The van der Waals surface area contributed by atoms with Gasteiger partial charge in [0.25, 0.3) is 0 Å². The van der Waals surface area contributed by atoms with E-state index in [0.717, 1.165) is 55.9 Å². The van der Waals surface area contributed by atoms with Crippen LogP contribution in [0.15, 0.2) is 5.38 Å². The SMILES string of the molecule is CCC(=O)NCCc1csc(C2CCCN(C(=O)C3CC3)C2)n1. The van der Waals surface area contributed by atoms with Crippen LogP contribution in [0.3, 0.4) is 0 Å². The molecule has 2 amide bonds. The lowest BCUT2D eigenvalue weighted by Crippen LogP contribution is -2.39. The highest BCUT2D eigenvalue weighted by Gasteiger charge is 2.36. The Hall–Kier alpha value is -1.43. The van der Waals surface area contributed by atoms with Gasteiger partial charge in [-0.25, -0.2) is 4.98 Å². The molecule has 2 aliphatic rings. The number of piperidine rings is 1.